The lowest BCUT2D eigenvalue weighted by atomic mass is 10.2. The number of ether oxygens (including phenoxy) is 1. The molecule has 5 aromatic rings. The second-order valence-electron chi connectivity index (χ2n) is 7.76. The zero-order chi connectivity index (χ0) is 23.7. The lowest BCUT2D eigenvalue weighted by Crippen LogP contribution is -2.24. The van der Waals surface area contributed by atoms with Crippen molar-refractivity contribution in [1.82, 2.24) is 24.5 Å². The van der Waals surface area contributed by atoms with Crippen LogP contribution in [0.15, 0.2) is 77.7 Å². The van der Waals surface area contributed by atoms with E-state index < -0.39 is 5.82 Å². The first-order valence-electron chi connectivity index (χ1n) is 10.5. The summed E-state index contributed by atoms with van der Waals surface area (Å²) in [6, 6.07) is 19.3. The Morgan fingerprint density at radius 2 is 1.88 bits per heavy atom. The van der Waals surface area contributed by atoms with Crippen LogP contribution in [0.25, 0.3) is 16.6 Å². The highest BCUT2D eigenvalue weighted by atomic mass is 35.5. The summed E-state index contributed by atoms with van der Waals surface area (Å²) in [4.78, 5) is 17.8. The second kappa shape index (κ2) is 9.07. The molecule has 0 aliphatic rings. The minimum atomic E-state index is -0.502. The van der Waals surface area contributed by atoms with Gasteiger partial charge in [-0.2, -0.15) is 0 Å². The Morgan fingerprint density at radius 3 is 2.68 bits per heavy atom. The zero-order valence-corrected chi connectivity index (χ0v) is 18.9. The van der Waals surface area contributed by atoms with Crippen LogP contribution in [-0.2, 0) is 13.2 Å². The van der Waals surface area contributed by atoms with Crippen LogP contribution in [-0.4, -0.2) is 24.5 Å². The summed E-state index contributed by atoms with van der Waals surface area (Å²) < 4.78 is 22.4. The van der Waals surface area contributed by atoms with Gasteiger partial charge in [-0.05, 0) is 48.9 Å². The summed E-state index contributed by atoms with van der Waals surface area (Å²) in [7, 11) is 0. The fourth-order valence-corrected chi connectivity index (χ4v) is 3.80. The Balaban J connectivity index is 1.37. The summed E-state index contributed by atoms with van der Waals surface area (Å²) in [6.45, 7) is 2.40. The Labute approximate surface area is 199 Å². The van der Waals surface area contributed by atoms with Crippen molar-refractivity contribution in [2.24, 2.45) is 0 Å². The van der Waals surface area contributed by atoms with E-state index in [1.807, 2.05) is 37.3 Å². The molecule has 9 heteroatoms. The van der Waals surface area contributed by atoms with E-state index in [1.165, 1.54) is 16.8 Å². The number of aromatic nitrogens is 5. The van der Waals surface area contributed by atoms with E-state index in [-0.39, 0.29) is 17.2 Å². The average Bonchev–Trinajstić information content (AvgIpc) is 3.32. The topological polar surface area (TPSA) is 74.8 Å². The molecule has 170 valence electrons. The predicted molar refractivity (Wildman–Crippen MR) is 127 cm³/mol. The molecular formula is C25H19ClFN5O2. The normalized spacial score (nSPS) is 11.1. The Bertz CT molecular complexity index is 1550. The summed E-state index contributed by atoms with van der Waals surface area (Å²) in [6.07, 6.45) is 1.67. The first kappa shape index (κ1) is 21.8. The van der Waals surface area contributed by atoms with E-state index in [4.69, 9.17) is 16.3 Å². The van der Waals surface area contributed by atoms with Crippen LogP contribution in [0.5, 0.6) is 5.75 Å². The molecule has 34 heavy (non-hydrogen) atoms. The van der Waals surface area contributed by atoms with Gasteiger partial charge in [-0.15, -0.1) is 5.10 Å². The standard InChI is InChI=1S/C25H19ClFN5O2/c1-16-28-24-10-8-20(12-21(24)25(33)31(16)13-17-5-3-2-4-6-17)34-15-18-14-32(30-29-18)19-7-9-23(27)22(26)11-19/h2-12,14H,13,15H2,1H3. The Morgan fingerprint density at radius 1 is 1.06 bits per heavy atom. The molecule has 7 nitrogen and oxygen atoms in total. The molecule has 0 N–H and O–H groups in total. The third-order valence-corrected chi connectivity index (χ3v) is 5.68. The highest BCUT2D eigenvalue weighted by molar-refractivity contribution is 6.30. The fourth-order valence-electron chi connectivity index (χ4n) is 3.63. The van der Waals surface area contributed by atoms with Gasteiger partial charge in [0.05, 0.1) is 34.4 Å². The molecular weight excluding hydrogens is 457 g/mol. The van der Waals surface area contributed by atoms with Crippen LogP contribution in [0.2, 0.25) is 5.02 Å². The molecule has 0 amide bonds. The van der Waals surface area contributed by atoms with E-state index in [0.29, 0.717) is 40.4 Å². The van der Waals surface area contributed by atoms with Gasteiger partial charge in [0.2, 0.25) is 0 Å². The molecule has 0 unspecified atom stereocenters. The molecule has 0 aliphatic carbocycles. The van der Waals surface area contributed by atoms with E-state index >= 15 is 0 Å². The minimum absolute atomic E-state index is 0.00345. The number of nitrogens with zero attached hydrogens (tertiary/aromatic N) is 5. The molecule has 0 aliphatic heterocycles. The molecule has 0 radical (unpaired) electrons. The van der Waals surface area contributed by atoms with Crippen LogP contribution in [0.3, 0.4) is 0 Å². The Hall–Kier alpha value is -4.04. The maximum Gasteiger partial charge on any atom is 0.261 e. The van der Waals surface area contributed by atoms with Gasteiger partial charge < -0.3 is 4.74 Å². The van der Waals surface area contributed by atoms with E-state index in [2.05, 4.69) is 15.3 Å². The van der Waals surface area contributed by atoms with E-state index in [0.717, 1.165) is 5.56 Å². The largest absolute Gasteiger partial charge is 0.487 e. The molecule has 0 spiro atoms. The van der Waals surface area contributed by atoms with Gasteiger partial charge in [-0.3, -0.25) is 9.36 Å². The molecule has 0 atom stereocenters. The van der Waals surface area contributed by atoms with Crippen molar-refractivity contribution in [1.29, 1.82) is 0 Å². The Kier molecular flexibility index (Phi) is 5.81. The molecule has 0 saturated heterocycles. The van der Waals surface area contributed by atoms with Crippen molar-refractivity contribution in [3.05, 3.63) is 111 Å². The van der Waals surface area contributed by atoms with Crippen molar-refractivity contribution in [3.63, 3.8) is 0 Å². The molecule has 0 bridgehead atoms. The summed E-state index contributed by atoms with van der Waals surface area (Å²) in [5, 5.41) is 8.60. The molecule has 3 aromatic carbocycles. The maximum absolute atomic E-state index is 13.4. The predicted octanol–water partition coefficient (Wildman–Crippen LogP) is 4.71. The molecule has 2 aromatic heterocycles. The molecule has 0 saturated carbocycles. The first-order valence-corrected chi connectivity index (χ1v) is 10.9. The number of fused-ring (bicyclic) bond motifs is 1. The van der Waals surface area contributed by atoms with Crippen LogP contribution in [0, 0.1) is 12.7 Å². The van der Waals surface area contributed by atoms with E-state index in [9.17, 15) is 9.18 Å². The number of aryl methyl sites for hydroxylation is 1. The number of hydrogen-bond donors (Lipinski definition) is 0. The SMILES string of the molecule is Cc1nc2ccc(OCc3cn(-c4ccc(F)c(Cl)c4)nn3)cc2c(=O)n1Cc1ccccc1. The van der Waals surface area contributed by atoms with Crippen LogP contribution >= 0.6 is 11.6 Å². The third kappa shape index (κ3) is 4.40. The highest BCUT2D eigenvalue weighted by Gasteiger charge is 2.11. The monoisotopic (exact) mass is 475 g/mol. The number of hydrogen-bond acceptors (Lipinski definition) is 5. The number of halogens is 2. The van der Waals surface area contributed by atoms with Gasteiger partial charge >= 0.3 is 0 Å². The lowest BCUT2D eigenvalue weighted by molar-refractivity contribution is 0.301. The van der Waals surface area contributed by atoms with Crippen molar-refractivity contribution < 1.29 is 9.13 Å². The summed E-state index contributed by atoms with van der Waals surface area (Å²) in [5.74, 6) is 0.659. The summed E-state index contributed by atoms with van der Waals surface area (Å²) in [5.41, 5.74) is 2.64. The minimum Gasteiger partial charge on any atom is -0.487 e. The average molecular weight is 476 g/mol. The van der Waals surface area contributed by atoms with Crippen LogP contribution < -0.4 is 10.3 Å². The van der Waals surface area contributed by atoms with Crippen molar-refractivity contribution in [2.45, 2.75) is 20.1 Å². The smallest absolute Gasteiger partial charge is 0.261 e. The lowest BCUT2D eigenvalue weighted by Gasteiger charge is -2.12. The van der Waals surface area contributed by atoms with Gasteiger partial charge in [-0.25, -0.2) is 14.1 Å². The highest BCUT2D eigenvalue weighted by Crippen LogP contribution is 2.20. The van der Waals surface area contributed by atoms with Crippen LogP contribution in [0.1, 0.15) is 17.1 Å². The van der Waals surface area contributed by atoms with Gasteiger partial charge in [0.1, 0.15) is 29.7 Å². The maximum atomic E-state index is 13.4. The van der Waals surface area contributed by atoms with Gasteiger partial charge in [-0.1, -0.05) is 47.1 Å². The molecule has 2 heterocycles. The first-order chi connectivity index (χ1) is 16.5. The van der Waals surface area contributed by atoms with Crippen molar-refractivity contribution in [3.8, 4) is 11.4 Å². The van der Waals surface area contributed by atoms with E-state index in [1.54, 1.807) is 35.0 Å². The summed E-state index contributed by atoms with van der Waals surface area (Å²) >= 11 is 5.84. The second-order valence-corrected chi connectivity index (χ2v) is 8.16. The molecule has 5 rings (SSSR count). The third-order valence-electron chi connectivity index (χ3n) is 5.40. The van der Waals surface area contributed by atoms with Gasteiger partial charge in [0, 0.05) is 0 Å². The van der Waals surface area contributed by atoms with Gasteiger partial charge in [0.15, 0.2) is 0 Å². The zero-order valence-electron chi connectivity index (χ0n) is 18.2. The van der Waals surface area contributed by atoms with Gasteiger partial charge in [0.25, 0.3) is 5.56 Å². The number of rotatable bonds is 6. The number of benzene rings is 3. The fraction of sp³-hybridized carbons (Fsp3) is 0.120. The van der Waals surface area contributed by atoms with Crippen LogP contribution in [0.4, 0.5) is 4.39 Å². The quantitative estimate of drug-likeness (QED) is 0.355. The molecule has 0 fully saturated rings. The van der Waals surface area contributed by atoms with Crippen molar-refractivity contribution >= 4 is 22.5 Å². The van der Waals surface area contributed by atoms with Crippen molar-refractivity contribution in [2.75, 3.05) is 0 Å².